The molecule has 274 valence electrons. The standard InChI is InChI=1S/C52H44N2O2/c1-3-41(35-29-31-38(32-30-35)51(53)54-48(36-19-9-5-10-20-36)37-21-11-6-12-22-37)49-45(4-2)55-46-34-33-44-47(50(46)56-49)42-27-17-18-28-43(42)52(44,39-23-13-7-14-24-39)40-25-15-8-16-26-40/h3-5,7-11,13-29,31,33-34,45,49,53H,2,6,12,30,32H2,1H3/b41-3-,53-51?,54-48?. The summed E-state index contributed by atoms with van der Waals surface area (Å²) in [6.45, 7) is 6.26. The van der Waals surface area contributed by atoms with Gasteiger partial charge in [-0.05, 0) is 94.9 Å². The average molecular weight is 729 g/mol. The number of nitrogens with one attached hydrogen (secondary N) is 1. The van der Waals surface area contributed by atoms with Gasteiger partial charge in [0.25, 0.3) is 0 Å². The molecule has 4 heteroatoms. The highest BCUT2D eigenvalue weighted by atomic mass is 16.6. The van der Waals surface area contributed by atoms with E-state index in [0.29, 0.717) is 12.3 Å². The number of amidine groups is 1. The van der Waals surface area contributed by atoms with Gasteiger partial charge in [0.1, 0.15) is 5.84 Å². The highest BCUT2D eigenvalue weighted by Gasteiger charge is 2.49. The Balaban J connectivity index is 1.09. The molecule has 0 bridgehead atoms. The van der Waals surface area contributed by atoms with Crippen molar-refractivity contribution in [2.24, 2.45) is 4.99 Å². The fraction of sp³-hybridized carbons (Fsp3) is 0.154. The largest absolute Gasteiger partial charge is 0.478 e. The molecule has 4 nitrogen and oxygen atoms in total. The van der Waals surface area contributed by atoms with Crippen molar-refractivity contribution in [2.75, 3.05) is 0 Å². The summed E-state index contributed by atoms with van der Waals surface area (Å²) in [7, 11) is 0. The lowest BCUT2D eigenvalue weighted by Crippen LogP contribution is -2.40. The van der Waals surface area contributed by atoms with Gasteiger partial charge in [0.15, 0.2) is 23.7 Å². The van der Waals surface area contributed by atoms with Gasteiger partial charge in [0.05, 0.1) is 11.1 Å². The predicted octanol–water partition coefficient (Wildman–Crippen LogP) is 12.1. The first-order valence-corrected chi connectivity index (χ1v) is 19.6. The molecule has 2 unspecified atom stereocenters. The zero-order valence-corrected chi connectivity index (χ0v) is 31.6. The molecule has 0 radical (unpaired) electrons. The molecule has 1 aliphatic heterocycles. The summed E-state index contributed by atoms with van der Waals surface area (Å²) < 4.78 is 14.0. The maximum atomic E-state index is 9.12. The molecule has 5 aromatic rings. The van der Waals surface area contributed by atoms with Crippen molar-refractivity contribution < 1.29 is 9.47 Å². The van der Waals surface area contributed by atoms with Crippen LogP contribution < -0.4 is 9.47 Å². The van der Waals surface area contributed by atoms with E-state index in [1.165, 1.54) is 22.3 Å². The lowest BCUT2D eigenvalue weighted by molar-refractivity contribution is 0.0716. The monoisotopic (exact) mass is 728 g/mol. The van der Waals surface area contributed by atoms with E-state index in [-0.39, 0.29) is 0 Å². The van der Waals surface area contributed by atoms with Gasteiger partial charge < -0.3 is 9.47 Å². The molecule has 56 heavy (non-hydrogen) atoms. The van der Waals surface area contributed by atoms with Crippen LogP contribution in [0.2, 0.25) is 0 Å². The van der Waals surface area contributed by atoms with E-state index in [9.17, 15) is 0 Å². The van der Waals surface area contributed by atoms with E-state index in [0.717, 1.165) is 75.5 Å². The van der Waals surface area contributed by atoms with Crippen LogP contribution in [0.3, 0.4) is 0 Å². The highest BCUT2D eigenvalue weighted by molar-refractivity contribution is 6.20. The molecule has 0 amide bonds. The Labute approximate surface area is 329 Å². The fourth-order valence-electron chi connectivity index (χ4n) is 8.98. The zero-order valence-electron chi connectivity index (χ0n) is 31.6. The highest BCUT2D eigenvalue weighted by Crippen LogP contribution is 2.61. The molecule has 1 heterocycles. The maximum Gasteiger partial charge on any atom is 0.170 e. The minimum atomic E-state index is -0.536. The Morgan fingerprint density at radius 3 is 2.05 bits per heavy atom. The number of allylic oxidation sites excluding steroid dienone is 7. The third-order valence-electron chi connectivity index (χ3n) is 11.6. The number of benzene rings is 5. The van der Waals surface area contributed by atoms with Crippen molar-refractivity contribution in [2.45, 2.75) is 50.2 Å². The Hall–Kier alpha value is -6.52. The second kappa shape index (κ2) is 15.0. The van der Waals surface area contributed by atoms with Gasteiger partial charge in [-0.2, -0.15) is 0 Å². The molecule has 5 aromatic carbocycles. The van der Waals surface area contributed by atoms with Crippen molar-refractivity contribution in [3.8, 4) is 22.6 Å². The molecule has 1 N–H and O–H groups in total. The second-order valence-corrected chi connectivity index (χ2v) is 14.6. The summed E-state index contributed by atoms with van der Waals surface area (Å²) in [5.41, 5.74) is 12.6. The van der Waals surface area contributed by atoms with Gasteiger partial charge in [-0.1, -0.05) is 164 Å². The lowest BCUT2D eigenvalue weighted by Gasteiger charge is -2.37. The summed E-state index contributed by atoms with van der Waals surface area (Å²) in [5.74, 6) is 1.77. The molecule has 2 atom stereocenters. The normalized spacial score (nSPS) is 19.6. The van der Waals surface area contributed by atoms with Crippen molar-refractivity contribution in [1.82, 2.24) is 0 Å². The fourth-order valence-corrected chi connectivity index (χ4v) is 8.98. The number of fused-ring (bicyclic) bond motifs is 5. The molecule has 0 fully saturated rings. The predicted molar refractivity (Wildman–Crippen MR) is 229 cm³/mol. The van der Waals surface area contributed by atoms with Crippen molar-refractivity contribution in [3.05, 3.63) is 227 Å². The third-order valence-corrected chi connectivity index (χ3v) is 11.6. The zero-order chi connectivity index (χ0) is 38.1. The van der Waals surface area contributed by atoms with Crippen LogP contribution in [0.4, 0.5) is 0 Å². The van der Waals surface area contributed by atoms with Crippen LogP contribution >= 0.6 is 0 Å². The second-order valence-electron chi connectivity index (χ2n) is 14.6. The summed E-state index contributed by atoms with van der Waals surface area (Å²) in [5, 5.41) is 9.12. The van der Waals surface area contributed by atoms with E-state index in [1.54, 1.807) is 0 Å². The van der Waals surface area contributed by atoms with Gasteiger partial charge in [0, 0.05) is 11.1 Å². The van der Waals surface area contributed by atoms with E-state index in [2.05, 4.69) is 159 Å². The van der Waals surface area contributed by atoms with Gasteiger partial charge in [-0.3, -0.25) is 5.41 Å². The minimum Gasteiger partial charge on any atom is -0.478 e. The topological polar surface area (TPSA) is 54.7 Å². The van der Waals surface area contributed by atoms with Crippen molar-refractivity contribution >= 4 is 11.5 Å². The number of hydrogen-bond donors (Lipinski definition) is 1. The van der Waals surface area contributed by atoms with Crippen LogP contribution in [0.15, 0.2) is 204 Å². The Kier molecular flexibility index (Phi) is 9.40. The van der Waals surface area contributed by atoms with Crippen LogP contribution in [0.1, 0.15) is 60.4 Å². The molecular formula is C52H44N2O2. The number of ether oxygens (including phenoxy) is 2. The molecule has 0 spiro atoms. The first-order valence-electron chi connectivity index (χ1n) is 19.6. The maximum absolute atomic E-state index is 9.12. The minimum absolute atomic E-state index is 0.297. The van der Waals surface area contributed by atoms with Crippen LogP contribution in [0.25, 0.3) is 11.1 Å². The number of nitrogens with zero attached hydrogens (tertiary/aromatic N) is 1. The molecule has 4 aliphatic rings. The van der Waals surface area contributed by atoms with E-state index >= 15 is 0 Å². The molecule has 0 aromatic heterocycles. The first-order chi connectivity index (χ1) is 27.6. The average Bonchev–Trinajstić information content (AvgIpc) is 3.58. The van der Waals surface area contributed by atoms with Gasteiger partial charge >= 0.3 is 0 Å². The van der Waals surface area contributed by atoms with Gasteiger partial charge in [0.2, 0.25) is 0 Å². The van der Waals surface area contributed by atoms with Crippen molar-refractivity contribution in [1.29, 1.82) is 5.41 Å². The quantitative estimate of drug-likeness (QED) is 0.0964. The SMILES string of the molecule is C=CC1Oc2ccc3c(c2OC1/C(=C\C)C1=CC=C(C(=N)N=C(C2=CCCC=C2)c2ccccc2)CC1)-c1ccccc1C3(c1ccccc1)c1ccccc1. The van der Waals surface area contributed by atoms with Crippen LogP contribution in [0, 0.1) is 5.41 Å². The summed E-state index contributed by atoms with van der Waals surface area (Å²) in [4.78, 5) is 4.94. The van der Waals surface area contributed by atoms with E-state index in [1.807, 2.05) is 24.3 Å². The molecular weight excluding hydrogens is 685 g/mol. The number of hydrogen-bond acceptors (Lipinski definition) is 3. The van der Waals surface area contributed by atoms with Crippen LogP contribution in [0.5, 0.6) is 11.5 Å². The van der Waals surface area contributed by atoms with Gasteiger partial charge in [-0.25, -0.2) is 4.99 Å². The summed E-state index contributed by atoms with van der Waals surface area (Å²) >= 11 is 0. The number of rotatable bonds is 8. The van der Waals surface area contributed by atoms with Crippen LogP contribution in [-0.4, -0.2) is 23.8 Å². The summed E-state index contributed by atoms with van der Waals surface area (Å²) in [6.07, 6.45) is 17.4. The third kappa shape index (κ3) is 5.93. The Morgan fingerprint density at radius 1 is 0.750 bits per heavy atom. The Morgan fingerprint density at radius 2 is 1.41 bits per heavy atom. The van der Waals surface area contributed by atoms with E-state index < -0.39 is 17.6 Å². The first kappa shape index (κ1) is 35.2. The molecule has 0 saturated carbocycles. The van der Waals surface area contributed by atoms with Crippen LogP contribution in [-0.2, 0) is 5.41 Å². The number of aliphatic imine (C=N–C) groups is 1. The molecule has 3 aliphatic carbocycles. The molecule has 9 rings (SSSR count). The van der Waals surface area contributed by atoms with E-state index in [4.69, 9.17) is 19.9 Å². The van der Waals surface area contributed by atoms with Gasteiger partial charge in [-0.15, -0.1) is 0 Å². The van der Waals surface area contributed by atoms with Crippen molar-refractivity contribution in [3.63, 3.8) is 0 Å². The molecule has 0 saturated heterocycles. The smallest absolute Gasteiger partial charge is 0.170 e. The summed E-state index contributed by atoms with van der Waals surface area (Å²) in [6, 6.07) is 44.8. The lowest BCUT2D eigenvalue weighted by atomic mass is 9.68. The Bertz CT molecular complexity index is 2480.